The van der Waals surface area contributed by atoms with Crippen molar-refractivity contribution in [1.82, 2.24) is 5.32 Å². The Morgan fingerprint density at radius 2 is 1.76 bits per heavy atom. The SMILES string of the molecule is CC(C)(C)OC(=O)NCCCCOc1cccc(F)c1B1OC(C)(C)C(C)(C)O1. The van der Waals surface area contributed by atoms with Gasteiger partial charge in [-0.2, -0.15) is 0 Å². The molecule has 0 bridgehead atoms. The van der Waals surface area contributed by atoms with Gasteiger partial charge in [-0.1, -0.05) is 6.07 Å². The molecule has 0 spiro atoms. The van der Waals surface area contributed by atoms with Crippen LogP contribution < -0.4 is 15.5 Å². The molecule has 1 fully saturated rings. The van der Waals surface area contributed by atoms with Gasteiger partial charge >= 0.3 is 13.2 Å². The van der Waals surface area contributed by atoms with Crippen molar-refractivity contribution < 1.29 is 28.0 Å². The van der Waals surface area contributed by atoms with Gasteiger partial charge in [-0.05, 0) is 73.4 Å². The van der Waals surface area contributed by atoms with Crippen LogP contribution in [0.15, 0.2) is 18.2 Å². The van der Waals surface area contributed by atoms with E-state index >= 15 is 0 Å². The van der Waals surface area contributed by atoms with Crippen LogP contribution in [0.5, 0.6) is 5.75 Å². The summed E-state index contributed by atoms with van der Waals surface area (Å²) >= 11 is 0. The average Bonchev–Trinajstić information content (AvgIpc) is 2.76. The highest BCUT2D eigenvalue weighted by atomic mass is 19.1. The number of unbranched alkanes of at least 4 members (excludes halogenated alkanes) is 1. The second kappa shape index (κ2) is 8.92. The maximum absolute atomic E-state index is 14.6. The lowest BCUT2D eigenvalue weighted by Crippen LogP contribution is -2.41. The van der Waals surface area contributed by atoms with E-state index in [1.165, 1.54) is 6.07 Å². The fraction of sp³-hybridized carbons (Fsp3) is 0.667. The molecule has 29 heavy (non-hydrogen) atoms. The monoisotopic (exact) mass is 409 g/mol. The van der Waals surface area contributed by atoms with Gasteiger partial charge in [0.25, 0.3) is 0 Å². The summed E-state index contributed by atoms with van der Waals surface area (Å²) in [4.78, 5) is 11.6. The second-order valence-corrected chi connectivity index (χ2v) is 9.22. The minimum Gasteiger partial charge on any atom is -0.494 e. The number of hydrogen-bond acceptors (Lipinski definition) is 5. The number of alkyl carbamates (subject to hydrolysis) is 1. The molecule has 8 heteroatoms. The van der Waals surface area contributed by atoms with Crippen molar-refractivity contribution in [1.29, 1.82) is 0 Å². The van der Waals surface area contributed by atoms with E-state index in [-0.39, 0.29) is 5.46 Å². The van der Waals surface area contributed by atoms with Gasteiger partial charge in [-0.15, -0.1) is 0 Å². The van der Waals surface area contributed by atoms with Gasteiger partial charge in [0.15, 0.2) is 0 Å². The van der Waals surface area contributed by atoms with Gasteiger partial charge in [-0.3, -0.25) is 0 Å². The average molecular weight is 409 g/mol. The first-order valence-corrected chi connectivity index (χ1v) is 10.1. The van der Waals surface area contributed by atoms with E-state index in [0.29, 0.717) is 31.7 Å². The number of ether oxygens (including phenoxy) is 2. The molecule has 6 nitrogen and oxygen atoms in total. The van der Waals surface area contributed by atoms with E-state index < -0.39 is 35.8 Å². The van der Waals surface area contributed by atoms with Gasteiger partial charge in [-0.25, -0.2) is 9.18 Å². The summed E-state index contributed by atoms with van der Waals surface area (Å²) in [6.07, 6.45) is 0.960. The predicted molar refractivity (Wildman–Crippen MR) is 111 cm³/mol. The molecule has 0 saturated carbocycles. The molecule has 0 atom stereocenters. The van der Waals surface area contributed by atoms with Crippen LogP contribution in [0, 0.1) is 5.82 Å². The van der Waals surface area contributed by atoms with Crippen molar-refractivity contribution in [3.05, 3.63) is 24.0 Å². The van der Waals surface area contributed by atoms with Crippen molar-refractivity contribution in [3.8, 4) is 5.75 Å². The first-order chi connectivity index (χ1) is 13.3. The van der Waals surface area contributed by atoms with Crippen LogP contribution in [0.2, 0.25) is 0 Å². The predicted octanol–water partition coefficient (Wildman–Crippen LogP) is 3.81. The van der Waals surface area contributed by atoms with Crippen molar-refractivity contribution in [3.63, 3.8) is 0 Å². The molecule has 0 radical (unpaired) electrons. The standard InChI is InChI=1S/C21H33BFNO5/c1-19(2,3)27-18(25)24-13-8-9-14-26-16-12-10-11-15(23)17(16)22-28-20(4,5)21(6,7)29-22/h10-12H,8-9,13-14H2,1-7H3,(H,24,25). The molecule has 1 aliphatic heterocycles. The highest BCUT2D eigenvalue weighted by molar-refractivity contribution is 6.63. The summed E-state index contributed by atoms with van der Waals surface area (Å²) < 4.78 is 37.5. The first-order valence-electron chi connectivity index (χ1n) is 10.1. The lowest BCUT2D eigenvalue weighted by molar-refractivity contribution is 0.00578. The molecule has 1 amide bonds. The minimum absolute atomic E-state index is 0.276. The number of carbonyl (C=O) groups excluding carboxylic acids is 1. The summed E-state index contributed by atoms with van der Waals surface area (Å²) in [5, 5.41) is 2.70. The molecule has 1 N–H and O–H groups in total. The van der Waals surface area contributed by atoms with Crippen LogP contribution in [0.3, 0.4) is 0 Å². The van der Waals surface area contributed by atoms with E-state index in [1.54, 1.807) is 12.1 Å². The number of hydrogen-bond donors (Lipinski definition) is 1. The number of rotatable bonds is 7. The second-order valence-electron chi connectivity index (χ2n) is 9.22. The third-order valence-corrected chi connectivity index (χ3v) is 5.00. The molecule has 1 heterocycles. The topological polar surface area (TPSA) is 66.0 Å². The lowest BCUT2D eigenvalue weighted by Gasteiger charge is -2.32. The van der Waals surface area contributed by atoms with E-state index in [1.807, 2.05) is 48.5 Å². The molecule has 0 aromatic heterocycles. The van der Waals surface area contributed by atoms with Crippen LogP contribution in [0.4, 0.5) is 9.18 Å². The van der Waals surface area contributed by atoms with Gasteiger partial charge in [0.05, 0.1) is 23.3 Å². The zero-order chi connectivity index (χ0) is 21.9. The van der Waals surface area contributed by atoms with Crippen LogP contribution >= 0.6 is 0 Å². The van der Waals surface area contributed by atoms with Crippen molar-refractivity contribution >= 4 is 18.7 Å². The molecule has 1 aromatic carbocycles. The van der Waals surface area contributed by atoms with Crippen molar-refractivity contribution in [2.75, 3.05) is 13.2 Å². The Labute approximate surface area is 173 Å². The zero-order valence-electron chi connectivity index (χ0n) is 18.6. The summed E-state index contributed by atoms with van der Waals surface area (Å²) in [5.41, 5.74) is -1.37. The van der Waals surface area contributed by atoms with Crippen LogP contribution in [-0.4, -0.2) is 43.2 Å². The summed E-state index contributed by atoms with van der Waals surface area (Å²) in [7, 11) is -0.829. The minimum atomic E-state index is -0.829. The van der Waals surface area contributed by atoms with Gasteiger partial charge in [0.1, 0.15) is 17.2 Å². The Morgan fingerprint density at radius 3 is 2.34 bits per heavy atom. The Hall–Kier alpha value is -1.80. The van der Waals surface area contributed by atoms with E-state index in [2.05, 4.69) is 5.32 Å². The maximum Gasteiger partial charge on any atom is 0.501 e. The third-order valence-electron chi connectivity index (χ3n) is 5.00. The number of carbonyl (C=O) groups is 1. The summed E-state index contributed by atoms with van der Waals surface area (Å²) in [5.74, 6) is -0.0174. The molecule has 1 aliphatic rings. The quantitative estimate of drug-likeness (QED) is 0.548. The highest BCUT2D eigenvalue weighted by Crippen LogP contribution is 2.37. The molecule has 0 aliphatic carbocycles. The van der Waals surface area contributed by atoms with E-state index in [4.69, 9.17) is 18.8 Å². The molecule has 162 valence electrons. The van der Waals surface area contributed by atoms with Crippen LogP contribution in [0.1, 0.15) is 61.3 Å². The van der Waals surface area contributed by atoms with Gasteiger partial charge < -0.3 is 24.1 Å². The first kappa shape index (κ1) is 23.5. The zero-order valence-corrected chi connectivity index (χ0v) is 18.6. The number of halogens is 1. The number of nitrogens with one attached hydrogen (secondary N) is 1. The van der Waals surface area contributed by atoms with Gasteiger partial charge in [0, 0.05) is 6.54 Å². The van der Waals surface area contributed by atoms with E-state index in [9.17, 15) is 9.18 Å². The number of amides is 1. The van der Waals surface area contributed by atoms with Crippen LogP contribution in [-0.2, 0) is 14.0 Å². The fourth-order valence-corrected chi connectivity index (χ4v) is 2.75. The van der Waals surface area contributed by atoms with Gasteiger partial charge in [0.2, 0.25) is 0 Å². The maximum atomic E-state index is 14.6. The fourth-order valence-electron chi connectivity index (χ4n) is 2.75. The summed E-state index contributed by atoms with van der Waals surface area (Å²) in [6.45, 7) is 14.0. The van der Waals surface area contributed by atoms with Crippen molar-refractivity contribution in [2.24, 2.45) is 0 Å². The molecule has 0 unspecified atom stereocenters. The molecule has 2 rings (SSSR count). The van der Waals surface area contributed by atoms with E-state index in [0.717, 1.165) is 0 Å². The number of benzene rings is 1. The normalized spacial score (nSPS) is 17.9. The molecule has 1 saturated heterocycles. The smallest absolute Gasteiger partial charge is 0.494 e. The molecule has 1 aromatic rings. The van der Waals surface area contributed by atoms with Crippen LogP contribution in [0.25, 0.3) is 0 Å². The molecular weight excluding hydrogens is 376 g/mol. The largest absolute Gasteiger partial charge is 0.501 e. The lowest BCUT2D eigenvalue weighted by atomic mass is 9.78. The van der Waals surface area contributed by atoms with Crippen molar-refractivity contribution in [2.45, 2.75) is 78.1 Å². The Kier molecular flexibility index (Phi) is 7.22. The third kappa shape index (κ3) is 6.34. The Bertz CT molecular complexity index is 702. The highest BCUT2D eigenvalue weighted by Gasteiger charge is 2.53. The Morgan fingerprint density at radius 1 is 1.14 bits per heavy atom. The molecular formula is C21H33BFNO5. The summed E-state index contributed by atoms with van der Waals surface area (Å²) in [6, 6.07) is 4.68. The Balaban J connectivity index is 1.87.